The lowest BCUT2D eigenvalue weighted by molar-refractivity contribution is 0.268. The Labute approximate surface area is 97.0 Å². The molecule has 0 aliphatic carbocycles. The van der Waals surface area contributed by atoms with Gasteiger partial charge in [0.05, 0.1) is 0 Å². The summed E-state index contributed by atoms with van der Waals surface area (Å²) in [6.45, 7) is 8.33. The Kier molecular flexibility index (Phi) is 4.05. The number of hydrogen-bond acceptors (Lipinski definition) is 2. The highest BCUT2D eigenvalue weighted by Gasteiger charge is 2.23. The molecule has 0 heterocycles. The molecule has 0 saturated carbocycles. The summed E-state index contributed by atoms with van der Waals surface area (Å²) in [5.41, 5.74) is 5.03. The predicted octanol–water partition coefficient (Wildman–Crippen LogP) is 2.55. The van der Waals surface area contributed by atoms with Gasteiger partial charge in [-0.25, -0.2) is 4.39 Å². The van der Waals surface area contributed by atoms with Crippen molar-refractivity contribution in [2.45, 2.75) is 40.2 Å². The van der Waals surface area contributed by atoms with E-state index in [1.54, 1.807) is 6.07 Å². The molecule has 0 aromatic heterocycles. The van der Waals surface area contributed by atoms with E-state index in [1.807, 2.05) is 13.0 Å². The van der Waals surface area contributed by atoms with Gasteiger partial charge in [-0.2, -0.15) is 0 Å². The molecule has 16 heavy (non-hydrogen) atoms. The van der Waals surface area contributed by atoms with Crippen LogP contribution in [0.25, 0.3) is 0 Å². The van der Waals surface area contributed by atoms with Crippen LogP contribution in [0.5, 0.6) is 0 Å². The number of nitrogens with one attached hydrogen (secondary N) is 1. The smallest absolute Gasteiger partial charge is 0.123 e. The Morgan fingerprint density at radius 2 is 2.00 bits per heavy atom. The third kappa shape index (κ3) is 3.29. The van der Waals surface area contributed by atoms with E-state index in [9.17, 15) is 4.39 Å². The zero-order valence-electron chi connectivity index (χ0n) is 10.5. The minimum Gasteiger partial charge on any atom is -0.271 e. The average Bonchev–Trinajstić information content (AvgIpc) is 2.14. The number of rotatable bonds is 3. The molecule has 90 valence electrons. The number of hydrogen-bond donors (Lipinski definition) is 2. The van der Waals surface area contributed by atoms with Crippen LogP contribution in [0.15, 0.2) is 18.2 Å². The maximum atomic E-state index is 13.0. The minimum absolute atomic E-state index is 0.0789. The second-order valence-electron chi connectivity index (χ2n) is 5.36. The van der Waals surface area contributed by atoms with Gasteiger partial charge in [-0.1, -0.05) is 26.8 Å². The van der Waals surface area contributed by atoms with Gasteiger partial charge in [0.1, 0.15) is 5.82 Å². The first-order valence-corrected chi connectivity index (χ1v) is 5.55. The van der Waals surface area contributed by atoms with Crippen LogP contribution in [0.2, 0.25) is 0 Å². The van der Waals surface area contributed by atoms with Crippen molar-refractivity contribution in [3.05, 3.63) is 35.1 Å². The minimum atomic E-state index is -0.186. The zero-order chi connectivity index (χ0) is 12.3. The number of benzene rings is 1. The highest BCUT2D eigenvalue weighted by Crippen LogP contribution is 2.23. The number of hydrazine groups is 1. The Bertz CT molecular complexity index is 355. The van der Waals surface area contributed by atoms with Crippen LogP contribution in [0.4, 0.5) is 4.39 Å². The molecule has 0 bridgehead atoms. The molecular formula is C13H21FN2. The fourth-order valence-corrected chi connectivity index (χ4v) is 1.72. The lowest BCUT2D eigenvalue weighted by Gasteiger charge is -2.30. The second kappa shape index (κ2) is 4.93. The summed E-state index contributed by atoms with van der Waals surface area (Å²) < 4.78 is 13.0. The molecule has 1 atom stereocenters. The van der Waals surface area contributed by atoms with Crippen LogP contribution >= 0.6 is 0 Å². The molecule has 0 aliphatic rings. The first-order chi connectivity index (χ1) is 7.34. The van der Waals surface area contributed by atoms with E-state index in [0.29, 0.717) is 0 Å². The number of halogens is 1. The van der Waals surface area contributed by atoms with E-state index >= 15 is 0 Å². The van der Waals surface area contributed by atoms with Gasteiger partial charge in [0.25, 0.3) is 0 Å². The molecule has 0 aliphatic heterocycles. The quantitative estimate of drug-likeness (QED) is 0.611. The van der Waals surface area contributed by atoms with Gasteiger partial charge in [-0.05, 0) is 42.0 Å². The van der Waals surface area contributed by atoms with Gasteiger partial charge in [0, 0.05) is 6.04 Å². The van der Waals surface area contributed by atoms with E-state index < -0.39 is 0 Å². The zero-order valence-corrected chi connectivity index (χ0v) is 10.5. The van der Waals surface area contributed by atoms with Crippen LogP contribution in [0, 0.1) is 18.2 Å². The monoisotopic (exact) mass is 224 g/mol. The van der Waals surface area contributed by atoms with E-state index in [2.05, 4.69) is 26.2 Å². The van der Waals surface area contributed by atoms with Gasteiger partial charge in [0.2, 0.25) is 0 Å². The molecular weight excluding hydrogens is 203 g/mol. The van der Waals surface area contributed by atoms with Gasteiger partial charge in [0.15, 0.2) is 0 Å². The molecule has 1 unspecified atom stereocenters. The van der Waals surface area contributed by atoms with Crippen molar-refractivity contribution >= 4 is 0 Å². The van der Waals surface area contributed by atoms with Crippen molar-refractivity contribution in [3.8, 4) is 0 Å². The molecule has 0 radical (unpaired) electrons. The van der Waals surface area contributed by atoms with Crippen molar-refractivity contribution in [1.29, 1.82) is 0 Å². The number of aryl methyl sites for hydroxylation is 1. The second-order valence-corrected chi connectivity index (χ2v) is 5.36. The van der Waals surface area contributed by atoms with Crippen molar-refractivity contribution < 1.29 is 4.39 Å². The molecule has 0 fully saturated rings. The molecule has 1 aromatic rings. The average molecular weight is 224 g/mol. The van der Waals surface area contributed by atoms with Crippen molar-refractivity contribution in [1.82, 2.24) is 5.43 Å². The molecule has 0 spiro atoms. The van der Waals surface area contributed by atoms with Gasteiger partial charge < -0.3 is 0 Å². The highest BCUT2D eigenvalue weighted by molar-refractivity contribution is 5.27. The first-order valence-electron chi connectivity index (χ1n) is 5.55. The Morgan fingerprint density at radius 3 is 2.44 bits per heavy atom. The van der Waals surface area contributed by atoms with Crippen LogP contribution in [0.3, 0.4) is 0 Å². The molecule has 0 saturated heterocycles. The van der Waals surface area contributed by atoms with E-state index in [0.717, 1.165) is 17.5 Å². The van der Waals surface area contributed by atoms with Crippen molar-refractivity contribution in [2.75, 3.05) is 0 Å². The SMILES string of the molecule is Cc1cc(F)ccc1CC(NN)C(C)(C)C. The fraction of sp³-hybridized carbons (Fsp3) is 0.538. The van der Waals surface area contributed by atoms with Crippen LogP contribution in [-0.2, 0) is 6.42 Å². The largest absolute Gasteiger partial charge is 0.271 e. The summed E-state index contributed by atoms with van der Waals surface area (Å²) in [7, 11) is 0. The van der Waals surface area contributed by atoms with Gasteiger partial charge in [-0.3, -0.25) is 11.3 Å². The van der Waals surface area contributed by atoms with Crippen molar-refractivity contribution in [2.24, 2.45) is 11.3 Å². The van der Waals surface area contributed by atoms with Gasteiger partial charge >= 0.3 is 0 Å². The predicted molar refractivity (Wildman–Crippen MR) is 65.4 cm³/mol. The molecule has 0 amide bonds. The molecule has 1 rings (SSSR count). The molecule has 3 heteroatoms. The summed E-state index contributed by atoms with van der Waals surface area (Å²) in [5.74, 6) is 5.38. The summed E-state index contributed by atoms with van der Waals surface area (Å²) in [6.07, 6.45) is 0.812. The van der Waals surface area contributed by atoms with E-state index in [1.165, 1.54) is 6.07 Å². The Balaban J connectivity index is 2.86. The topological polar surface area (TPSA) is 38.0 Å². The third-order valence-electron chi connectivity index (χ3n) is 2.98. The third-order valence-corrected chi connectivity index (χ3v) is 2.98. The fourth-order valence-electron chi connectivity index (χ4n) is 1.72. The summed E-state index contributed by atoms with van der Waals surface area (Å²) >= 11 is 0. The van der Waals surface area contributed by atoms with Crippen LogP contribution < -0.4 is 11.3 Å². The molecule has 3 N–H and O–H groups in total. The van der Waals surface area contributed by atoms with E-state index in [-0.39, 0.29) is 17.3 Å². The van der Waals surface area contributed by atoms with Crippen LogP contribution in [0.1, 0.15) is 31.9 Å². The maximum absolute atomic E-state index is 13.0. The Hall–Kier alpha value is -0.930. The van der Waals surface area contributed by atoms with Crippen LogP contribution in [-0.4, -0.2) is 6.04 Å². The summed E-state index contributed by atoms with van der Waals surface area (Å²) in [4.78, 5) is 0. The van der Waals surface area contributed by atoms with E-state index in [4.69, 9.17) is 5.84 Å². The summed E-state index contributed by atoms with van der Waals surface area (Å²) in [5, 5.41) is 0. The lowest BCUT2D eigenvalue weighted by atomic mass is 9.83. The first kappa shape index (κ1) is 13.1. The standard InChI is InChI=1S/C13H21FN2/c1-9-7-11(14)6-5-10(9)8-12(16-15)13(2,3)4/h5-7,12,16H,8,15H2,1-4H3. The molecule has 2 nitrogen and oxygen atoms in total. The highest BCUT2D eigenvalue weighted by atomic mass is 19.1. The number of nitrogens with two attached hydrogens (primary N) is 1. The summed E-state index contributed by atoms with van der Waals surface area (Å²) in [6, 6.07) is 5.07. The normalized spacial score (nSPS) is 13.9. The van der Waals surface area contributed by atoms with Crippen molar-refractivity contribution in [3.63, 3.8) is 0 Å². The maximum Gasteiger partial charge on any atom is 0.123 e. The lowest BCUT2D eigenvalue weighted by Crippen LogP contribution is -2.45. The Morgan fingerprint density at radius 1 is 1.38 bits per heavy atom. The molecule has 1 aromatic carbocycles. The van der Waals surface area contributed by atoms with Gasteiger partial charge in [-0.15, -0.1) is 0 Å².